The van der Waals surface area contributed by atoms with E-state index in [1.54, 1.807) is 12.1 Å². The van der Waals surface area contributed by atoms with Gasteiger partial charge in [-0.25, -0.2) is 0 Å². The number of hydrogen-bond acceptors (Lipinski definition) is 1. The molecular formula is C17H13Cl3O. The van der Waals surface area contributed by atoms with Gasteiger partial charge in [-0.15, -0.1) is 11.6 Å². The van der Waals surface area contributed by atoms with E-state index in [0.717, 1.165) is 22.4 Å². The van der Waals surface area contributed by atoms with Crippen LogP contribution in [0.25, 0.3) is 0 Å². The summed E-state index contributed by atoms with van der Waals surface area (Å²) in [6, 6.07) is 11.1. The first-order valence-electron chi connectivity index (χ1n) is 6.32. The molecule has 0 radical (unpaired) electrons. The molecule has 108 valence electrons. The van der Waals surface area contributed by atoms with E-state index in [9.17, 15) is 0 Å². The molecule has 21 heavy (non-hydrogen) atoms. The van der Waals surface area contributed by atoms with E-state index in [1.165, 1.54) is 0 Å². The molecule has 2 aromatic rings. The van der Waals surface area contributed by atoms with Crippen LogP contribution in [0.1, 0.15) is 16.7 Å². The first-order chi connectivity index (χ1) is 10.1. The second-order valence-electron chi connectivity index (χ2n) is 4.44. The van der Waals surface area contributed by atoms with Crippen molar-refractivity contribution in [1.82, 2.24) is 0 Å². The van der Waals surface area contributed by atoms with Gasteiger partial charge in [-0.2, -0.15) is 0 Å². The third kappa shape index (κ3) is 4.58. The van der Waals surface area contributed by atoms with Crippen LogP contribution < -0.4 is 4.74 Å². The molecule has 0 amide bonds. The molecule has 4 heteroatoms. The Kier molecular flexibility index (Phi) is 5.82. The maximum atomic E-state index is 6.11. The lowest BCUT2D eigenvalue weighted by atomic mass is 10.1. The number of hydrogen-bond donors (Lipinski definition) is 0. The summed E-state index contributed by atoms with van der Waals surface area (Å²) in [7, 11) is 0. The van der Waals surface area contributed by atoms with Gasteiger partial charge in [-0.3, -0.25) is 0 Å². The zero-order chi connectivity index (χ0) is 15.2. The highest BCUT2D eigenvalue weighted by molar-refractivity contribution is 6.35. The normalized spacial score (nSPS) is 9.90. The van der Waals surface area contributed by atoms with Gasteiger partial charge in [-0.1, -0.05) is 41.1 Å². The molecule has 0 saturated heterocycles. The van der Waals surface area contributed by atoms with Gasteiger partial charge in [0.25, 0.3) is 0 Å². The van der Waals surface area contributed by atoms with Gasteiger partial charge in [-0.05, 0) is 42.8 Å². The average Bonchev–Trinajstić information content (AvgIpc) is 2.45. The molecular weight excluding hydrogens is 327 g/mol. The Morgan fingerprint density at radius 2 is 1.90 bits per heavy atom. The van der Waals surface area contributed by atoms with E-state index in [0.29, 0.717) is 22.5 Å². The highest BCUT2D eigenvalue weighted by Crippen LogP contribution is 2.23. The molecule has 0 N–H and O–H groups in total. The fraction of sp³-hybridized carbons (Fsp3) is 0.176. The van der Waals surface area contributed by atoms with Gasteiger partial charge < -0.3 is 4.74 Å². The van der Waals surface area contributed by atoms with Gasteiger partial charge in [0.1, 0.15) is 12.4 Å². The van der Waals surface area contributed by atoms with E-state index in [1.807, 2.05) is 31.2 Å². The molecule has 0 unspecified atom stereocenters. The Hall–Kier alpha value is -1.33. The number of alkyl halides is 1. The van der Waals surface area contributed by atoms with Crippen molar-refractivity contribution in [1.29, 1.82) is 0 Å². The van der Waals surface area contributed by atoms with Crippen LogP contribution in [0.4, 0.5) is 0 Å². The fourth-order valence-electron chi connectivity index (χ4n) is 1.79. The molecule has 0 aromatic heterocycles. The van der Waals surface area contributed by atoms with Crippen LogP contribution in [-0.2, 0) is 6.61 Å². The molecule has 0 aliphatic rings. The second-order valence-corrected chi connectivity index (χ2v) is 5.55. The quantitative estimate of drug-likeness (QED) is 0.532. The molecule has 0 saturated carbocycles. The van der Waals surface area contributed by atoms with Gasteiger partial charge >= 0.3 is 0 Å². The molecule has 0 fully saturated rings. The highest BCUT2D eigenvalue weighted by atomic mass is 35.5. The predicted octanol–water partition coefficient (Wildman–Crippen LogP) is 5.47. The topological polar surface area (TPSA) is 9.23 Å². The molecule has 1 nitrogen and oxygen atoms in total. The van der Waals surface area contributed by atoms with Crippen LogP contribution in [0.2, 0.25) is 10.0 Å². The largest absolute Gasteiger partial charge is 0.489 e. The van der Waals surface area contributed by atoms with Crippen molar-refractivity contribution < 1.29 is 4.74 Å². The number of ether oxygens (including phenoxy) is 1. The van der Waals surface area contributed by atoms with Gasteiger partial charge in [0, 0.05) is 21.2 Å². The fourth-order valence-corrected chi connectivity index (χ4v) is 2.32. The monoisotopic (exact) mass is 338 g/mol. The minimum absolute atomic E-state index is 0.326. The van der Waals surface area contributed by atoms with Crippen molar-refractivity contribution in [2.75, 3.05) is 5.88 Å². The van der Waals surface area contributed by atoms with Crippen molar-refractivity contribution in [2.45, 2.75) is 13.5 Å². The summed E-state index contributed by atoms with van der Waals surface area (Å²) >= 11 is 17.5. The maximum Gasteiger partial charge on any atom is 0.120 e. The van der Waals surface area contributed by atoms with Gasteiger partial charge in [0.05, 0.1) is 5.88 Å². The third-order valence-electron chi connectivity index (χ3n) is 2.90. The standard InChI is InChI=1S/C17H13Cl3O/c1-12-9-16(7-5-13(12)3-2-8-18)21-11-14-4-6-15(19)10-17(14)20/h4-7,9-10H,8,11H2,1H3. The minimum Gasteiger partial charge on any atom is -0.489 e. The van der Waals surface area contributed by atoms with Crippen LogP contribution >= 0.6 is 34.8 Å². The number of aryl methyl sites for hydroxylation is 1. The maximum absolute atomic E-state index is 6.11. The van der Waals surface area contributed by atoms with Crippen LogP contribution in [0.3, 0.4) is 0 Å². The van der Waals surface area contributed by atoms with E-state index >= 15 is 0 Å². The third-order valence-corrected chi connectivity index (χ3v) is 3.62. The summed E-state index contributed by atoms with van der Waals surface area (Å²) in [4.78, 5) is 0. The van der Waals surface area contributed by atoms with E-state index < -0.39 is 0 Å². The highest BCUT2D eigenvalue weighted by Gasteiger charge is 2.04. The summed E-state index contributed by atoms with van der Waals surface area (Å²) in [5, 5.41) is 1.21. The van der Waals surface area contributed by atoms with Crippen LogP contribution in [0, 0.1) is 18.8 Å². The Balaban J connectivity index is 2.08. The Morgan fingerprint density at radius 1 is 1.10 bits per heavy atom. The molecule has 0 heterocycles. The van der Waals surface area contributed by atoms with Crippen LogP contribution in [-0.4, -0.2) is 5.88 Å². The zero-order valence-electron chi connectivity index (χ0n) is 11.4. The number of halogens is 3. The van der Waals surface area contributed by atoms with E-state index in [2.05, 4.69) is 11.8 Å². The molecule has 0 aliphatic carbocycles. The van der Waals surface area contributed by atoms with Gasteiger partial charge in [0.15, 0.2) is 0 Å². The Morgan fingerprint density at radius 3 is 2.57 bits per heavy atom. The van der Waals surface area contributed by atoms with Crippen molar-refractivity contribution in [3.63, 3.8) is 0 Å². The summed E-state index contributed by atoms with van der Waals surface area (Å²) in [6.07, 6.45) is 0. The lowest BCUT2D eigenvalue weighted by Gasteiger charge is -2.09. The van der Waals surface area contributed by atoms with E-state index in [-0.39, 0.29) is 0 Å². The summed E-state index contributed by atoms with van der Waals surface area (Å²) in [6.45, 7) is 2.38. The van der Waals surface area contributed by atoms with Crippen molar-refractivity contribution in [2.24, 2.45) is 0 Å². The van der Waals surface area contributed by atoms with Crippen LogP contribution in [0.5, 0.6) is 5.75 Å². The summed E-state index contributed by atoms with van der Waals surface area (Å²) in [5.74, 6) is 6.95. The first kappa shape index (κ1) is 16.0. The number of benzene rings is 2. The summed E-state index contributed by atoms with van der Waals surface area (Å²) < 4.78 is 5.75. The molecule has 0 bridgehead atoms. The van der Waals surface area contributed by atoms with Crippen molar-refractivity contribution in [3.8, 4) is 17.6 Å². The molecule has 2 aromatic carbocycles. The predicted molar refractivity (Wildman–Crippen MR) is 89.6 cm³/mol. The van der Waals surface area contributed by atoms with Gasteiger partial charge in [0.2, 0.25) is 0 Å². The molecule has 0 aliphatic heterocycles. The summed E-state index contributed by atoms with van der Waals surface area (Å²) in [5.41, 5.74) is 2.89. The zero-order valence-corrected chi connectivity index (χ0v) is 13.7. The van der Waals surface area contributed by atoms with Crippen LogP contribution in [0.15, 0.2) is 36.4 Å². The smallest absolute Gasteiger partial charge is 0.120 e. The lowest BCUT2D eigenvalue weighted by molar-refractivity contribution is 0.306. The van der Waals surface area contributed by atoms with Crippen molar-refractivity contribution in [3.05, 3.63) is 63.1 Å². The lowest BCUT2D eigenvalue weighted by Crippen LogP contribution is -1.97. The Labute approximate surface area is 139 Å². The second kappa shape index (κ2) is 7.61. The van der Waals surface area contributed by atoms with E-state index in [4.69, 9.17) is 39.5 Å². The first-order valence-corrected chi connectivity index (χ1v) is 7.61. The molecule has 2 rings (SSSR count). The SMILES string of the molecule is Cc1cc(OCc2ccc(Cl)cc2Cl)ccc1C#CCCl. The Bertz CT molecular complexity index is 699. The molecule has 0 atom stereocenters. The number of rotatable bonds is 3. The molecule has 0 spiro atoms. The average molecular weight is 340 g/mol. The minimum atomic E-state index is 0.326. The van der Waals surface area contributed by atoms with Crippen molar-refractivity contribution >= 4 is 34.8 Å².